The van der Waals surface area contributed by atoms with Crippen LogP contribution in [0.4, 0.5) is 17.5 Å². The first kappa shape index (κ1) is 62.9. The van der Waals surface area contributed by atoms with Crippen molar-refractivity contribution in [2.45, 2.75) is 19.6 Å². The lowest BCUT2D eigenvalue weighted by molar-refractivity contribution is 0.0991. The largest absolute Gasteiger partial charge is 0.366 e. The number of pyridine rings is 6. The highest BCUT2D eigenvalue weighted by Crippen LogP contribution is 2.38. The third-order valence-corrected chi connectivity index (χ3v) is 15.6. The number of carbonyl (C=O) groups is 2. The second-order valence-electron chi connectivity index (χ2n) is 22.1. The number of anilines is 3. The van der Waals surface area contributed by atoms with Crippen LogP contribution in [0.2, 0.25) is 0 Å². The summed E-state index contributed by atoms with van der Waals surface area (Å²) in [6.07, 6.45) is 14.6. The first-order valence-electron chi connectivity index (χ1n) is 31.1. The Kier molecular flexibility index (Phi) is 19.1. The van der Waals surface area contributed by atoms with Gasteiger partial charge in [0.15, 0.2) is 17.5 Å². The Morgan fingerprint density at radius 3 is 0.990 bits per heavy atom. The maximum absolute atomic E-state index is 11.6. The molecule has 9 heterocycles. The second-order valence-corrected chi connectivity index (χ2v) is 22.1. The summed E-state index contributed by atoms with van der Waals surface area (Å²) >= 11 is 0. The van der Waals surface area contributed by atoms with Crippen molar-refractivity contribution in [2.75, 3.05) is 16.0 Å². The molecule has 9 aromatic heterocycles. The van der Waals surface area contributed by atoms with Crippen molar-refractivity contribution in [2.24, 2.45) is 11.5 Å². The van der Waals surface area contributed by atoms with Crippen LogP contribution in [0.3, 0.4) is 0 Å². The minimum atomic E-state index is -0.551. The zero-order valence-electron chi connectivity index (χ0n) is 52.4. The first-order valence-corrected chi connectivity index (χ1v) is 31.1. The van der Waals surface area contributed by atoms with Gasteiger partial charge in [0.1, 0.15) is 23.5 Å². The third-order valence-electron chi connectivity index (χ3n) is 15.6. The predicted molar refractivity (Wildman–Crippen MR) is 381 cm³/mol. The van der Waals surface area contributed by atoms with Crippen LogP contribution in [0.25, 0.3) is 100 Å². The molecule has 0 saturated heterocycles. The number of hydrogen-bond acceptors (Lipinski definition) is 18. The Morgan fingerprint density at radius 1 is 0.347 bits per heavy atom. The molecule has 0 bridgehead atoms. The molecule has 0 unspecified atom stereocenters. The molecule has 20 nitrogen and oxygen atoms in total. The van der Waals surface area contributed by atoms with Crippen molar-refractivity contribution in [1.29, 1.82) is 5.26 Å². The fourth-order valence-corrected chi connectivity index (χ4v) is 10.9. The van der Waals surface area contributed by atoms with E-state index in [2.05, 4.69) is 107 Å². The van der Waals surface area contributed by atoms with E-state index >= 15 is 0 Å². The van der Waals surface area contributed by atoms with Crippen LogP contribution in [0.5, 0.6) is 0 Å². The average Bonchev–Trinajstić information content (AvgIpc) is 0.784. The van der Waals surface area contributed by atoms with E-state index in [4.69, 9.17) is 41.4 Å². The number of nitrogens with one attached hydrogen (secondary N) is 3. The van der Waals surface area contributed by atoms with Crippen molar-refractivity contribution >= 4 is 62.0 Å². The van der Waals surface area contributed by atoms with E-state index in [1.807, 2.05) is 146 Å². The normalized spacial score (nSPS) is 10.7. The van der Waals surface area contributed by atoms with Gasteiger partial charge in [0.05, 0.1) is 86.1 Å². The molecule has 7 N–H and O–H groups in total. The summed E-state index contributed by atoms with van der Waals surface area (Å²) in [5, 5.41) is 22.3. The number of benzene rings is 6. The van der Waals surface area contributed by atoms with Crippen molar-refractivity contribution in [3.05, 3.63) is 308 Å². The lowest BCUT2D eigenvalue weighted by atomic mass is 10.0. The van der Waals surface area contributed by atoms with Gasteiger partial charge in [-0.05, 0) is 106 Å². The summed E-state index contributed by atoms with van der Waals surface area (Å²) < 4.78 is 0. The third kappa shape index (κ3) is 14.8. The minimum Gasteiger partial charge on any atom is -0.366 e. The fraction of sp³-hybridized carbons (Fsp3) is 0.0385. The Bertz CT molecular complexity index is 5140. The van der Waals surface area contributed by atoms with Gasteiger partial charge in [-0.15, -0.1) is 0 Å². The van der Waals surface area contributed by atoms with E-state index in [1.165, 1.54) is 18.6 Å². The highest BCUT2D eigenvalue weighted by molar-refractivity contribution is 6.05. The molecule has 0 fully saturated rings. The number of primary amides is 2. The van der Waals surface area contributed by atoms with Gasteiger partial charge < -0.3 is 27.4 Å². The van der Waals surface area contributed by atoms with E-state index in [0.717, 1.165) is 83.2 Å². The lowest BCUT2D eigenvalue weighted by Gasteiger charge is -2.14. The molecule has 98 heavy (non-hydrogen) atoms. The van der Waals surface area contributed by atoms with Gasteiger partial charge in [0.2, 0.25) is 11.8 Å². The highest BCUT2D eigenvalue weighted by Gasteiger charge is 2.20. The minimum absolute atomic E-state index is 0.303. The van der Waals surface area contributed by atoms with Crippen molar-refractivity contribution in [3.8, 4) is 73.6 Å². The van der Waals surface area contributed by atoms with Crippen LogP contribution in [0.15, 0.2) is 274 Å². The fourth-order valence-electron chi connectivity index (χ4n) is 10.9. The molecular formula is C78H58N18O2. The number of aromatic nitrogens is 12. The summed E-state index contributed by atoms with van der Waals surface area (Å²) in [4.78, 5) is 77.8. The van der Waals surface area contributed by atoms with Crippen LogP contribution < -0.4 is 27.4 Å². The molecular weight excluding hydrogens is 1220 g/mol. The molecule has 0 aliphatic heterocycles. The summed E-state index contributed by atoms with van der Waals surface area (Å²) in [6, 6.07) is 73.0. The lowest BCUT2D eigenvalue weighted by Crippen LogP contribution is -2.11. The molecule has 20 heteroatoms. The molecule has 0 spiro atoms. The zero-order chi connectivity index (χ0) is 67.0. The van der Waals surface area contributed by atoms with Gasteiger partial charge in [-0.1, -0.05) is 146 Å². The van der Waals surface area contributed by atoms with Crippen molar-refractivity contribution in [3.63, 3.8) is 0 Å². The number of fused-ring (bicyclic) bond motifs is 3. The van der Waals surface area contributed by atoms with E-state index < -0.39 is 11.8 Å². The standard InChI is InChI=1S/2C26H20N6O.C26H18N6/c2*27-24(33)18-13-19(15-28-14-18)25-31-22-11-6-10-21(17-7-2-1-3-8-17)23(22)26(32-25)30-16-20-9-4-5-12-29-20;27-14-18-13-20(16-28-15-18)25-31-23-11-6-10-22(19-7-2-1-3-8-19)24(23)26(32-25)30-17-21-9-4-5-12-29-21/h2*1-15H,16H2,(H2,27,33)(H,30,31,32);1-13,15-16H,17H2,(H,30,31,32). The number of nitrogens with zero attached hydrogens (tertiary/aromatic N) is 13. The van der Waals surface area contributed by atoms with Gasteiger partial charge in [0.25, 0.3) is 0 Å². The van der Waals surface area contributed by atoms with Gasteiger partial charge >= 0.3 is 0 Å². The maximum atomic E-state index is 11.6. The predicted octanol–water partition coefficient (Wildman–Crippen LogP) is 14.2. The van der Waals surface area contributed by atoms with E-state index in [9.17, 15) is 14.9 Å². The van der Waals surface area contributed by atoms with Crippen LogP contribution in [-0.4, -0.2) is 71.6 Å². The van der Waals surface area contributed by atoms with Gasteiger partial charge in [-0.2, -0.15) is 5.26 Å². The second kappa shape index (κ2) is 29.8. The summed E-state index contributed by atoms with van der Waals surface area (Å²) in [7, 11) is 0. The van der Waals surface area contributed by atoms with Crippen LogP contribution in [-0.2, 0) is 19.6 Å². The Labute approximate surface area is 562 Å². The number of carbonyl (C=O) groups excluding carboxylic acids is 2. The molecule has 2 amide bonds. The molecule has 0 radical (unpaired) electrons. The smallest absolute Gasteiger partial charge is 0.250 e. The maximum Gasteiger partial charge on any atom is 0.250 e. The first-order chi connectivity index (χ1) is 48.2. The summed E-state index contributed by atoms with van der Waals surface area (Å²) in [5.41, 5.74) is 25.2. The van der Waals surface area contributed by atoms with Crippen LogP contribution >= 0.6 is 0 Å². The van der Waals surface area contributed by atoms with Gasteiger partial charge in [0, 0.05) is 72.5 Å². The molecule has 15 rings (SSSR count). The molecule has 0 atom stereocenters. The van der Waals surface area contributed by atoms with Crippen LogP contribution in [0.1, 0.15) is 43.4 Å². The molecule has 472 valence electrons. The molecule has 6 aromatic carbocycles. The quantitative estimate of drug-likeness (QED) is 0.0566. The number of amides is 2. The SMILES string of the molecule is N#Cc1cncc(-c2nc(NCc3ccccn3)c3c(-c4ccccc4)cccc3n2)c1.NC(=O)c1cncc(-c2nc(NCc3ccccn3)c3c(-c4ccccc4)cccc3n2)c1.NC(=O)c1cncc(-c2nc(NCc3ccccn3)c3c(-c4ccccc4)cccc3n2)c1. The number of hydrogen-bond donors (Lipinski definition) is 5. The highest BCUT2D eigenvalue weighted by atomic mass is 16.1. The van der Waals surface area contributed by atoms with E-state index in [1.54, 1.807) is 55.4 Å². The summed E-state index contributed by atoms with van der Waals surface area (Å²) in [5.74, 6) is 2.36. The molecule has 15 aromatic rings. The van der Waals surface area contributed by atoms with Gasteiger partial charge in [-0.25, -0.2) is 29.9 Å². The topological polar surface area (TPSA) is 301 Å². The van der Waals surface area contributed by atoms with Crippen LogP contribution in [0, 0.1) is 11.3 Å². The summed E-state index contributed by atoms with van der Waals surface area (Å²) in [6.45, 7) is 1.51. The number of nitriles is 1. The molecule has 0 aliphatic rings. The van der Waals surface area contributed by atoms with Gasteiger partial charge in [-0.3, -0.25) is 39.5 Å². The average molecular weight is 1280 g/mol. The molecule has 0 aliphatic carbocycles. The van der Waals surface area contributed by atoms with Crippen molar-refractivity contribution in [1.82, 2.24) is 59.8 Å². The molecule has 0 saturated carbocycles. The zero-order valence-corrected chi connectivity index (χ0v) is 52.4. The Hall–Kier alpha value is -13.9. The number of rotatable bonds is 17. The van der Waals surface area contributed by atoms with E-state index in [-0.39, 0.29) is 0 Å². The Balaban J connectivity index is 0.000000132. The Morgan fingerprint density at radius 2 is 0.673 bits per heavy atom. The number of nitrogens with two attached hydrogens (primary N) is 2. The van der Waals surface area contributed by atoms with Crippen molar-refractivity contribution < 1.29 is 9.59 Å². The van der Waals surface area contributed by atoms with E-state index in [0.29, 0.717) is 87.9 Å². The monoisotopic (exact) mass is 1280 g/mol.